The lowest BCUT2D eigenvalue weighted by molar-refractivity contribution is -0.119. The zero-order valence-electron chi connectivity index (χ0n) is 19.7. The molecule has 186 valence electrons. The van der Waals surface area contributed by atoms with Crippen molar-refractivity contribution >= 4 is 47.4 Å². The van der Waals surface area contributed by atoms with Crippen LogP contribution in [0.5, 0.6) is 5.75 Å². The van der Waals surface area contributed by atoms with Gasteiger partial charge in [-0.1, -0.05) is 29.8 Å². The highest BCUT2D eigenvalue weighted by molar-refractivity contribution is 7.59. The van der Waals surface area contributed by atoms with Gasteiger partial charge < -0.3 is 25.0 Å². The maximum atomic E-state index is 12.9. The van der Waals surface area contributed by atoms with Crippen molar-refractivity contribution in [2.75, 3.05) is 7.11 Å². The second-order valence-corrected chi connectivity index (χ2v) is 8.95. The summed E-state index contributed by atoms with van der Waals surface area (Å²) in [5, 5.41) is 11.3. The minimum Gasteiger partial charge on any atom is -0.495 e. The molecule has 0 bridgehead atoms. The summed E-state index contributed by atoms with van der Waals surface area (Å²) in [5.74, 6) is 0.462. The van der Waals surface area contributed by atoms with Crippen molar-refractivity contribution in [3.05, 3.63) is 88.8 Å². The Balaban J connectivity index is 0.00000304. The number of nitrogens with one attached hydrogen (secondary N) is 1. The van der Waals surface area contributed by atoms with Gasteiger partial charge in [0.25, 0.3) is 0 Å². The molecule has 2 aromatic carbocycles. The first-order valence-electron chi connectivity index (χ1n) is 11.3. The van der Waals surface area contributed by atoms with Gasteiger partial charge in [0.1, 0.15) is 11.4 Å². The SMILES string of the molecule is COc1cc(CO)c(-c2cn3ccc(CC(=O)[C@@H](N)Cc4c[nH]c5ccccc45)cc3n2)cc1Cl.S. The Kier molecular flexibility index (Phi) is 7.70. The summed E-state index contributed by atoms with van der Waals surface area (Å²) in [4.78, 5) is 20.8. The van der Waals surface area contributed by atoms with Gasteiger partial charge >= 0.3 is 0 Å². The number of fused-ring (bicyclic) bond motifs is 2. The molecule has 5 rings (SSSR count). The fourth-order valence-corrected chi connectivity index (χ4v) is 4.61. The number of aromatic amines is 1. The second kappa shape index (κ2) is 10.8. The number of imidazole rings is 1. The van der Waals surface area contributed by atoms with E-state index in [1.165, 1.54) is 7.11 Å². The number of aliphatic hydroxyl groups is 1. The van der Waals surface area contributed by atoms with Crippen LogP contribution >= 0.6 is 25.1 Å². The number of pyridine rings is 1. The molecule has 3 heterocycles. The molecule has 3 aromatic heterocycles. The quantitative estimate of drug-likeness (QED) is 0.279. The van der Waals surface area contributed by atoms with Gasteiger partial charge in [-0.3, -0.25) is 4.79 Å². The Morgan fingerprint density at radius 2 is 2.03 bits per heavy atom. The van der Waals surface area contributed by atoms with Gasteiger partial charge in [0.15, 0.2) is 5.78 Å². The van der Waals surface area contributed by atoms with E-state index in [4.69, 9.17) is 27.1 Å². The zero-order valence-corrected chi connectivity index (χ0v) is 21.4. The first-order valence-corrected chi connectivity index (χ1v) is 11.6. The molecule has 0 amide bonds. The van der Waals surface area contributed by atoms with Gasteiger partial charge in [-0.2, -0.15) is 13.5 Å². The number of hydrogen-bond acceptors (Lipinski definition) is 5. The fourth-order valence-electron chi connectivity index (χ4n) is 4.37. The first-order chi connectivity index (χ1) is 17.0. The number of rotatable bonds is 8. The predicted molar refractivity (Wildman–Crippen MR) is 147 cm³/mol. The van der Waals surface area contributed by atoms with E-state index in [2.05, 4.69) is 4.98 Å². The molecular formula is C27H27ClN4O3S. The van der Waals surface area contributed by atoms with E-state index >= 15 is 0 Å². The average molecular weight is 523 g/mol. The Labute approximate surface area is 220 Å². The number of methoxy groups -OCH3 is 1. The molecule has 1 atom stereocenters. The number of aromatic nitrogens is 3. The summed E-state index contributed by atoms with van der Waals surface area (Å²) in [7, 11) is 1.53. The number of carbonyl (C=O) groups excluding carboxylic acids is 1. The van der Waals surface area contributed by atoms with E-state index in [-0.39, 0.29) is 32.3 Å². The van der Waals surface area contributed by atoms with Crippen LogP contribution in [-0.4, -0.2) is 38.4 Å². The second-order valence-electron chi connectivity index (χ2n) is 8.54. The standard InChI is InChI=1S/C27H25ClN4O3.H2S/c1-35-26-11-18(15-33)20(12-21(26)28)24-14-32-7-6-16(9-27(32)31-24)8-25(34)22(29)10-17-13-30-23-5-3-2-4-19(17)23;/h2-7,9,11-14,22,30,33H,8,10,15,29H2,1H3;1H2/t22-;/m0./s1. The van der Waals surface area contributed by atoms with Gasteiger partial charge in [0.05, 0.1) is 30.5 Å². The van der Waals surface area contributed by atoms with Crippen LogP contribution in [0.25, 0.3) is 27.8 Å². The molecule has 5 aromatic rings. The van der Waals surface area contributed by atoms with Crippen molar-refractivity contribution in [3.8, 4) is 17.0 Å². The lowest BCUT2D eigenvalue weighted by atomic mass is 9.98. The topological polar surface area (TPSA) is 106 Å². The third kappa shape index (κ3) is 4.99. The molecule has 4 N–H and O–H groups in total. The molecule has 0 saturated carbocycles. The first kappa shape index (κ1) is 25.8. The van der Waals surface area contributed by atoms with E-state index < -0.39 is 6.04 Å². The number of benzene rings is 2. The number of hydrogen-bond donors (Lipinski definition) is 3. The molecule has 0 fully saturated rings. The predicted octanol–water partition coefficient (Wildman–Crippen LogP) is 4.43. The number of H-pyrrole nitrogens is 1. The van der Waals surface area contributed by atoms with E-state index in [0.29, 0.717) is 34.1 Å². The smallest absolute Gasteiger partial charge is 0.154 e. The monoisotopic (exact) mass is 522 g/mol. The molecule has 7 nitrogen and oxygen atoms in total. The van der Waals surface area contributed by atoms with Crippen LogP contribution in [-0.2, 0) is 24.2 Å². The van der Waals surface area contributed by atoms with Crippen molar-refractivity contribution in [1.82, 2.24) is 14.4 Å². The van der Waals surface area contributed by atoms with Gasteiger partial charge in [0, 0.05) is 41.5 Å². The third-order valence-electron chi connectivity index (χ3n) is 6.26. The Morgan fingerprint density at radius 3 is 2.81 bits per heavy atom. The summed E-state index contributed by atoms with van der Waals surface area (Å²) < 4.78 is 7.12. The highest BCUT2D eigenvalue weighted by Gasteiger charge is 2.18. The number of nitrogens with zero attached hydrogens (tertiary/aromatic N) is 2. The number of ether oxygens (including phenoxy) is 1. The van der Waals surface area contributed by atoms with Crippen LogP contribution < -0.4 is 10.5 Å². The molecule has 0 aliphatic rings. The van der Waals surface area contributed by atoms with E-state index in [9.17, 15) is 9.90 Å². The van der Waals surface area contributed by atoms with Crippen molar-refractivity contribution in [3.63, 3.8) is 0 Å². The summed E-state index contributed by atoms with van der Waals surface area (Å²) in [6, 6.07) is 14.6. The van der Waals surface area contributed by atoms with E-state index in [0.717, 1.165) is 27.6 Å². The van der Waals surface area contributed by atoms with Crippen LogP contribution in [0.1, 0.15) is 16.7 Å². The largest absolute Gasteiger partial charge is 0.495 e. The summed E-state index contributed by atoms with van der Waals surface area (Å²) in [6.45, 7) is -0.176. The minimum absolute atomic E-state index is 0. The van der Waals surface area contributed by atoms with Gasteiger partial charge in [-0.05, 0) is 53.4 Å². The molecule has 0 aliphatic heterocycles. The number of halogens is 1. The highest BCUT2D eigenvalue weighted by Crippen LogP contribution is 2.34. The van der Waals surface area contributed by atoms with E-state index in [1.807, 2.05) is 59.4 Å². The zero-order chi connectivity index (χ0) is 24.5. The normalized spacial score (nSPS) is 12.0. The number of para-hydroxylation sites is 1. The highest BCUT2D eigenvalue weighted by atomic mass is 35.5. The van der Waals surface area contributed by atoms with Crippen LogP contribution in [0, 0.1) is 0 Å². The van der Waals surface area contributed by atoms with Crippen LogP contribution in [0.15, 0.2) is 67.1 Å². The number of nitrogens with two attached hydrogens (primary N) is 1. The molecule has 0 radical (unpaired) electrons. The summed E-state index contributed by atoms with van der Waals surface area (Å²) in [5.41, 5.74) is 11.9. The minimum atomic E-state index is -0.603. The molecular weight excluding hydrogens is 496 g/mol. The Hall–Kier alpha value is -3.30. The number of aliphatic hydroxyl groups excluding tert-OH is 1. The molecule has 0 unspecified atom stereocenters. The molecule has 0 spiro atoms. The van der Waals surface area contributed by atoms with Gasteiger partial charge in [-0.25, -0.2) is 4.98 Å². The van der Waals surface area contributed by atoms with Crippen molar-refractivity contribution in [1.29, 1.82) is 0 Å². The third-order valence-corrected chi connectivity index (χ3v) is 6.55. The Morgan fingerprint density at radius 1 is 1.22 bits per heavy atom. The van der Waals surface area contributed by atoms with E-state index in [1.54, 1.807) is 12.1 Å². The lowest BCUT2D eigenvalue weighted by Crippen LogP contribution is -2.33. The van der Waals surface area contributed by atoms with Crippen molar-refractivity contribution < 1.29 is 14.6 Å². The summed E-state index contributed by atoms with van der Waals surface area (Å²) >= 11 is 6.31. The molecule has 9 heteroatoms. The Bertz CT molecular complexity index is 1550. The van der Waals surface area contributed by atoms with Crippen LogP contribution in [0.2, 0.25) is 5.02 Å². The van der Waals surface area contributed by atoms with Gasteiger partial charge in [-0.15, -0.1) is 0 Å². The number of carbonyl (C=O) groups is 1. The number of ketones is 1. The lowest BCUT2D eigenvalue weighted by Gasteiger charge is -2.10. The average Bonchev–Trinajstić information content (AvgIpc) is 3.47. The molecule has 0 aliphatic carbocycles. The molecule has 0 saturated heterocycles. The van der Waals surface area contributed by atoms with Gasteiger partial charge in [0.2, 0.25) is 0 Å². The fraction of sp³-hybridized carbons (Fsp3) is 0.185. The number of Topliss-reactive ketones (excluding diaryl/α,β-unsaturated/α-hetero) is 1. The van der Waals surface area contributed by atoms with Crippen LogP contribution in [0.4, 0.5) is 0 Å². The maximum absolute atomic E-state index is 12.9. The maximum Gasteiger partial charge on any atom is 0.154 e. The molecule has 36 heavy (non-hydrogen) atoms. The van der Waals surface area contributed by atoms with Crippen molar-refractivity contribution in [2.45, 2.75) is 25.5 Å². The van der Waals surface area contributed by atoms with Crippen molar-refractivity contribution in [2.24, 2.45) is 5.73 Å². The van der Waals surface area contributed by atoms with Crippen LogP contribution in [0.3, 0.4) is 0 Å². The summed E-state index contributed by atoms with van der Waals surface area (Å²) in [6.07, 6.45) is 6.34.